The van der Waals surface area contributed by atoms with E-state index in [1.807, 2.05) is 42.3 Å². The van der Waals surface area contributed by atoms with Gasteiger partial charge in [0.1, 0.15) is 5.82 Å². The summed E-state index contributed by atoms with van der Waals surface area (Å²) in [5, 5.41) is 0. The molecule has 0 bridgehead atoms. The number of nitrogen functional groups attached to an aromatic ring is 1. The highest BCUT2D eigenvalue weighted by molar-refractivity contribution is 9.10. The van der Waals surface area contributed by atoms with Crippen molar-refractivity contribution in [3.05, 3.63) is 58.3 Å². The Morgan fingerprint density at radius 2 is 2.00 bits per heavy atom. The van der Waals surface area contributed by atoms with Crippen molar-refractivity contribution in [1.29, 1.82) is 0 Å². The molecular weight excluding hydrogens is 295 g/mol. The number of benzene rings is 2. The van der Waals surface area contributed by atoms with E-state index < -0.39 is 0 Å². The van der Waals surface area contributed by atoms with Crippen LogP contribution in [0.25, 0.3) is 0 Å². The van der Waals surface area contributed by atoms with Crippen molar-refractivity contribution in [3.8, 4) is 0 Å². The van der Waals surface area contributed by atoms with Crippen LogP contribution in [0.15, 0.2) is 46.9 Å². The second kappa shape index (κ2) is 5.40. The summed E-state index contributed by atoms with van der Waals surface area (Å²) in [6.45, 7) is 0.625. The van der Waals surface area contributed by atoms with Crippen LogP contribution in [0.3, 0.4) is 0 Å². The quantitative estimate of drug-likeness (QED) is 0.874. The Kier molecular flexibility index (Phi) is 3.87. The van der Waals surface area contributed by atoms with Gasteiger partial charge in [-0.3, -0.25) is 0 Å². The normalized spacial score (nSPS) is 10.4. The molecule has 0 heterocycles. The van der Waals surface area contributed by atoms with Crippen LogP contribution in [-0.2, 0) is 6.54 Å². The molecule has 18 heavy (non-hydrogen) atoms. The molecule has 0 spiro atoms. The molecule has 2 nitrogen and oxygen atoms in total. The van der Waals surface area contributed by atoms with Crippen molar-refractivity contribution < 1.29 is 4.39 Å². The van der Waals surface area contributed by atoms with E-state index in [1.54, 1.807) is 0 Å². The van der Waals surface area contributed by atoms with Crippen molar-refractivity contribution in [1.82, 2.24) is 0 Å². The maximum absolute atomic E-state index is 13.3. The zero-order valence-corrected chi connectivity index (χ0v) is 11.6. The lowest BCUT2D eigenvalue weighted by Crippen LogP contribution is -2.16. The predicted octanol–water partition coefficient (Wildman–Crippen LogP) is 3.81. The van der Waals surface area contributed by atoms with Gasteiger partial charge in [-0.05, 0) is 42.0 Å². The van der Waals surface area contributed by atoms with Crippen LogP contribution in [0.4, 0.5) is 15.8 Å². The molecule has 0 atom stereocenters. The van der Waals surface area contributed by atoms with E-state index in [9.17, 15) is 4.39 Å². The zero-order valence-electron chi connectivity index (χ0n) is 10.0. The largest absolute Gasteiger partial charge is 0.399 e. The summed E-state index contributed by atoms with van der Waals surface area (Å²) < 4.78 is 14.0. The first-order valence-electron chi connectivity index (χ1n) is 5.56. The molecule has 2 N–H and O–H groups in total. The minimum Gasteiger partial charge on any atom is -0.399 e. The van der Waals surface area contributed by atoms with Crippen LogP contribution in [0.5, 0.6) is 0 Å². The first kappa shape index (κ1) is 12.9. The van der Waals surface area contributed by atoms with Gasteiger partial charge in [-0.15, -0.1) is 0 Å². The second-order valence-electron chi connectivity index (χ2n) is 4.23. The average molecular weight is 309 g/mol. The van der Waals surface area contributed by atoms with Gasteiger partial charge < -0.3 is 10.6 Å². The first-order chi connectivity index (χ1) is 8.54. The number of nitrogens with two attached hydrogens (primary N) is 1. The standard InChI is InChI=1S/C14H14BrFN2/c1-18(14-4-2-3-13(17)8-14)9-10-5-11(15)7-12(16)6-10/h2-8H,9,17H2,1H3. The van der Waals surface area contributed by atoms with Crippen LogP contribution >= 0.6 is 15.9 Å². The minimum absolute atomic E-state index is 0.236. The minimum atomic E-state index is -0.236. The van der Waals surface area contributed by atoms with Gasteiger partial charge in [0.2, 0.25) is 0 Å². The zero-order chi connectivity index (χ0) is 13.1. The SMILES string of the molecule is CN(Cc1cc(F)cc(Br)c1)c1cccc(N)c1. The highest BCUT2D eigenvalue weighted by Gasteiger charge is 2.04. The summed E-state index contributed by atoms with van der Waals surface area (Å²) in [6.07, 6.45) is 0. The molecule has 0 radical (unpaired) electrons. The third kappa shape index (κ3) is 3.23. The molecule has 0 aliphatic heterocycles. The third-order valence-corrected chi connectivity index (χ3v) is 3.11. The van der Waals surface area contributed by atoms with Crippen LogP contribution in [0.2, 0.25) is 0 Å². The number of hydrogen-bond donors (Lipinski definition) is 1. The first-order valence-corrected chi connectivity index (χ1v) is 6.35. The number of halogens is 2. The summed E-state index contributed by atoms with van der Waals surface area (Å²) in [7, 11) is 1.95. The number of anilines is 2. The fourth-order valence-corrected chi connectivity index (χ4v) is 2.34. The molecule has 2 aromatic rings. The van der Waals surface area contributed by atoms with Crippen LogP contribution in [0.1, 0.15) is 5.56 Å². The van der Waals surface area contributed by atoms with E-state index in [4.69, 9.17) is 5.73 Å². The summed E-state index contributed by atoms with van der Waals surface area (Å²) in [4.78, 5) is 2.03. The van der Waals surface area contributed by atoms with Gasteiger partial charge in [0, 0.05) is 29.4 Å². The summed E-state index contributed by atoms with van der Waals surface area (Å²) in [6, 6.07) is 12.5. The molecule has 4 heteroatoms. The Bertz CT molecular complexity index is 537. The van der Waals surface area contributed by atoms with Gasteiger partial charge in [-0.2, -0.15) is 0 Å². The highest BCUT2D eigenvalue weighted by Crippen LogP contribution is 2.20. The van der Waals surface area contributed by atoms with E-state index >= 15 is 0 Å². The van der Waals surface area contributed by atoms with E-state index in [0.717, 1.165) is 21.4 Å². The lowest BCUT2D eigenvalue weighted by atomic mass is 10.2. The lowest BCUT2D eigenvalue weighted by Gasteiger charge is -2.20. The second-order valence-corrected chi connectivity index (χ2v) is 5.14. The van der Waals surface area contributed by atoms with Crippen molar-refractivity contribution in [2.75, 3.05) is 17.7 Å². The lowest BCUT2D eigenvalue weighted by molar-refractivity contribution is 0.624. The fourth-order valence-electron chi connectivity index (χ4n) is 1.83. The smallest absolute Gasteiger partial charge is 0.124 e. The van der Waals surface area contributed by atoms with Gasteiger partial charge in [0.25, 0.3) is 0 Å². The molecule has 2 rings (SSSR count). The topological polar surface area (TPSA) is 29.3 Å². The predicted molar refractivity (Wildman–Crippen MR) is 77.1 cm³/mol. The number of nitrogens with zero attached hydrogens (tertiary/aromatic N) is 1. The van der Waals surface area contributed by atoms with Gasteiger partial charge >= 0.3 is 0 Å². The number of rotatable bonds is 3. The Labute approximate surface area is 114 Å². The molecule has 2 aromatic carbocycles. The Balaban J connectivity index is 2.18. The molecule has 0 unspecified atom stereocenters. The van der Waals surface area contributed by atoms with Crippen LogP contribution in [-0.4, -0.2) is 7.05 Å². The Hall–Kier alpha value is -1.55. The average Bonchev–Trinajstić information content (AvgIpc) is 2.27. The number of hydrogen-bond acceptors (Lipinski definition) is 2. The summed E-state index contributed by atoms with van der Waals surface area (Å²) in [5.41, 5.74) is 8.38. The van der Waals surface area contributed by atoms with Gasteiger partial charge in [0.15, 0.2) is 0 Å². The summed E-state index contributed by atoms with van der Waals surface area (Å²) in [5.74, 6) is -0.236. The van der Waals surface area contributed by atoms with Crippen molar-refractivity contribution >= 4 is 27.3 Å². The Morgan fingerprint density at radius 3 is 2.67 bits per heavy atom. The van der Waals surface area contributed by atoms with E-state index in [0.29, 0.717) is 6.54 Å². The molecule has 0 amide bonds. The van der Waals surface area contributed by atoms with E-state index in [1.165, 1.54) is 12.1 Å². The fraction of sp³-hybridized carbons (Fsp3) is 0.143. The maximum atomic E-state index is 13.3. The molecular formula is C14H14BrFN2. The monoisotopic (exact) mass is 308 g/mol. The van der Waals surface area contributed by atoms with Crippen molar-refractivity contribution in [3.63, 3.8) is 0 Å². The van der Waals surface area contributed by atoms with Crippen molar-refractivity contribution in [2.45, 2.75) is 6.54 Å². The van der Waals surface area contributed by atoms with E-state index in [-0.39, 0.29) is 5.82 Å². The molecule has 0 saturated heterocycles. The molecule has 0 aliphatic rings. The van der Waals surface area contributed by atoms with E-state index in [2.05, 4.69) is 15.9 Å². The van der Waals surface area contributed by atoms with Crippen LogP contribution < -0.4 is 10.6 Å². The Morgan fingerprint density at radius 1 is 1.22 bits per heavy atom. The maximum Gasteiger partial charge on any atom is 0.124 e. The molecule has 94 valence electrons. The highest BCUT2D eigenvalue weighted by atomic mass is 79.9. The van der Waals surface area contributed by atoms with Crippen molar-refractivity contribution in [2.24, 2.45) is 0 Å². The van der Waals surface area contributed by atoms with Gasteiger partial charge in [0.05, 0.1) is 0 Å². The van der Waals surface area contributed by atoms with Crippen LogP contribution in [0, 0.1) is 5.82 Å². The third-order valence-electron chi connectivity index (χ3n) is 2.65. The molecule has 0 fully saturated rings. The van der Waals surface area contributed by atoms with Gasteiger partial charge in [-0.25, -0.2) is 4.39 Å². The van der Waals surface area contributed by atoms with Gasteiger partial charge in [-0.1, -0.05) is 22.0 Å². The molecule has 0 saturated carbocycles. The molecule has 0 aliphatic carbocycles. The molecule has 0 aromatic heterocycles. The summed E-state index contributed by atoms with van der Waals surface area (Å²) >= 11 is 3.29.